The molecule has 0 aromatic heterocycles. The van der Waals surface area contributed by atoms with E-state index in [4.69, 9.17) is 6.42 Å². The van der Waals surface area contributed by atoms with E-state index in [0.717, 1.165) is 18.4 Å². The van der Waals surface area contributed by atoms with Crippen molar-refractivity contribution in [3.05, 3.63) is 47.0 Å². The zero-order chi connectivity index (χ0) is 12.4. The Bertz CT molecular complexity index is 606. The average molecular weight is 230 g/mol. The Morgan fingerprint density at radius 3 is 2.65 bits per heavy atom. The fourth-order valence-electron chi connectivity index (χ4n) is 1.96. The van der Waals surface area contributed by atoms with Crippen LogP contribution in [0.3, 0.4) is 0 Å². The Morgan fingerprint density at radius 1 is 1.24 bits per heavy atom. The average Bonchev–Trinajstić information content (AvgIpc) is 2.29. The quantitative estimate of drug-likeness (QED) is 0.683. The first-order chi connectivity index (χ1) is 8.17. The van der Waals surface area contributed by atoms with Gasteiger partial charge in [-0.1, -0.05) is 37.5 Å². The van der Waals surface area contributed by atoms with Gasteiger partial charge in [0.2, 0.25) is 0 Å². The van der Waals surface area contributed by atoms with Crippen molar-refractivity contribution in [2.75, 3.05) is 0 Å². The number of hydrogen-bond acceptors (Lipinski definition) is 0. The Balaban J connectivity index is 2.70. The molecular formula is C15H12F2. The van der Waals surface area contributed by atoms with Crippen molar-refractivity contribution in [2.45, 2.75) is 19.8 Å². The lowest BCUT2D eigenvalue weighted by molar-refractivity contribution is 0.586. The fraction of sp³-hybridized carbons (Fsp3) is 0.200. The van der Waals surface area contributed by atoms with E-state index in [1.165, 1.54) is 6.07 Å². The van der Waals surface area contributed by atoms with Crippen LogP contribution in [-0.4, -0.2) is 0 Å². The highest BCUT2D eigenvalue weighted by Gasteiger charge is 2.11. The summed E-state index contributed by atoms with van der Waals surface area (Å²) in [5.74, 6) is 0.723. The zero-order valence-corrected chi connectivity index (χ0v) is 9.56. The first kappa shape index (κ1) is 11.6. The number of aryl methyl sites for hydroxylation is 1. The van der Waals surface area contributed by atoms with Crippen molar-refractivity contribution < 1.29 is 8.78 Å². The van der Waals surface area contributed by atoms with E-state index < -0.39 is 11.6 Å². The molecular weight excluding hydrogens is 218 g/mol. The molecule has 0 fully saturated rings. The molecule has 86 valence electrons. The van der Waals surface area contributed by atoms with Gasteiger partial charge in [-0.2, -0.15) is 0 Å². The Kier molecular flexibility index (Phi) is 3.10. The molecule has 0 atom stereocenters. The van der Waals surface area contributed by atoms with Gasteiger partial charge in [0.05, 0.1) is 5.56 Å². The van der Waals surface area contributed by atoms with Gasteiger partial charge < -0.3 is 0 Å². The van der Waals surface area contributed by atoms with Crippen LogP contribution < -0.4 is 0 Å². The smallest absolute Gasteiger partial charge is 0.149 e. The van der Waals surface area contributed by atoms with Gasteiger partial charge in [0.1, 0.15) is 11.6 Å². The minimum absolute atomic E-state index is 0.291. The van der Waals surface area contributed by atoms with E-state index in [0.29, 0.717) is 10.8 Å². The van der Waals surface area contributed by atoms with E-state index in [9.17, 15) is 8.78 Å². The van der Waals surface area contributed by atoms with E-state index in [1.54, 1.807) is 6.07 Å². The third-order valence-electron chi connectivity index (χ3n) is 2.78. The summed E-state index contributed by atoms with van der Waals surface area (Å²) < 4.78 is 27.4. The van der Waals surface area contributed by atoms with Crippen LogP contribution in [0.4, 0.5) is 8.78 Å². The van der Waals surface area contributed by atoms with Gasteiger partial charge in [0.25, 0.3) is 0 Å². The summed E-state index contributed by atoms with van der Waals surface area (Å²) in [6.45, 7) is 2.06. The standard InChI is InChI=1S/C15H12F2/c1-3-5-10-6-7-13-11(8-10)9-14(16)12(4-2)15(13)17/h2,6-9H,3,5H2,1H3. The molecule has 17 heavy (non-hydrogen) atoms. The summed E-state index contributed by atoms with van der Waals surface area (Å²) in [4.78, 5) is 0. The monoisotopic (exact) mass is 230 g/mol. The number of terminal acetylenes is 1. The second kappa shape index (κ2) is 4.55. The van der Waals surface area contributed by atoms with Crippen LogP contribution in [0.15, 0.2) is 24.3 Å². The molecule has 2 aromatic carbocycles. The van der Waals surface area contributed by atoms with E-state index in [1.807, 2.05) is 18.1 Å². The number of benzene rings is 2. The molecule has 0 unspecified atom stereocenters. The summed E-state index contributed by atoms with van der Waals surface area (Å²) in [6.07, 6.45) is 6.99. The molecule has 0 aliphatic heterocycles. The summed E-state index contributed by atoms with van der Waals surface area (Å²) in [6, 6.07) is 6.63. The Morgan fingerprint density at radius 2 is 2.00 bits per heavy atom. The number of hydrogen-bond donors (Lipinski definition) is 0. The predicted octanol–water partition coefficient (Wildman–Crippen LogP) is 4.05. The van der Waals surface area contributed by atoms with Gasteiger partial charge in [0.15, 0.2) is 0 Å². The van der Waals surface area contributed by atoms with Crippen molar-refractivity contribution in [3.8, 4) is 12.3 Å². The lowest BCUT2D eigenvalue weighted by Crippen LogP contribution is -1.93. The molecule has 0 N–H and O–H groups in total. The SMILES string of the molecule is C#Cc1c(F)cc2cc(CCC)ccc2c1F. The van der Waals surface area contributed by atoms with Crippen LogP contribution >= 0.6 is 0 Å². The van der Waals surface area contributed by atoms with Crippen LogP contribution in [0.5, 0.6) is 0 Å². The highest BCUT2D eigenvalue weighted by atomic mass is 19.1. The summed E-state index contributed by atoms with van der Waals surface area (Å²) in [7, 11) is 0. The van der Waals surface area contributed by atoms with Crippen LogP contribution in [0, 0.1) is 24.0 Å². The first-order valence-corrected chi connectivity index (χ1v) is 5.54. The summed E-state index contributed by atoms with van der Waals surface area (Å²) in [5, 5.41) is 0.934. The van der Waals surface area contributed by atoms with Crippen molar-refractivity contribution in [2.24, 2.45) is 0 Å². The third-order valence-corrected chi connectivity index (χ3v) is 2.78. The maximum absolute atomic E-state index is 13.9. The Labute approximate surface area is 99.3 Å². The summed E-state index contributed by atoms with van der Waals surface area (Å²) >= 11 is 0. The number of fused-ring (bicyclic) bond motifs is 1. The zero-order valence-electron chi connectivity index (χ0n) is 9.56. The van der Waals surface area contributed by atoms with Crippen molar-refractivity contribution in [1.82, 2.24) is 0 Å². The third kappa shape index (κ3) is 2.01. The van der Waals surface area contributed by atoms with Crippen LogP contribution in [0.25, 0.3) is 10.8 Å². The maximum atomic E-state index is 13.9. The van der Waals surface area contributed by atoms with E-state index >= 15 is 0 Å². The largest absolute Gasteiger partial charge is 0.205 e. The lowest BCUT2D eigenvalue weighted by atomic mass is 10.0. The van der Waals surface area contributed by atoms with Gasteiger partial charge in [-0.15, -0.1) is 6.42 Å². The van der Waals surface area contributed by atoms with Crippen LogP contribution in [0.1, 0.15) is 24.5 Å². The van der Waals surface area contributed by atoms with Gasteiger partial charge in [0, 0.05) is 5.39 Å². The van der Waals surface area contributed by atoms with E-state index in [2.05, 4.69) is 6.92 Å². The molecule has 2 aromatic rings. The second-order valence-corrected chi connectivity index (χ2v) is 4.00. The molecule has 0 heterocycles. The minimum Gasteiger partial charge on any atom is -0.205 e. The predicted molar refractivity (Wildman–Crippen MR) is 65.8 cm³/mol. The molecule has 0 nitrogen and oxygen atoms in total. The first-order valence-electron chi connectivity index (χ1n) is 5.54. The molecule has 0 bridgehead atoms. The molecule has 2 rings (SSSR count). The fourth-order valence-corrected chi connectivity index (χ4v) is 1.96. The van der Waals surface area contributed by atoms with Crippen molar-refractivity contribution >= 4 is 10.8 Å². The molecule has 0 amide bonds. The topological polar surface area (TPSA) is 0 Å². The van der Waals surface area contributed by atoms with Crippen LogP contribution in [-0.2, 0) is 6.42 Å². The summed E-state index contributed by atoms with van der Waals surface area (Å²) in [5.41, 5.74) is 0.785. The molecule has 0 radical (unpaired) electrons. The lowest BCUT2D eigenvalue weighted by Gasteiger charge is -2.06. The highest BCUT2D eigenvalue weighted by molar-refractivity contribution is 5.85. The van der Waals surface area contributed by atoms with Gasteiger partial charge >= 0.3 is 0 Å². The van der Waals surface area contributed by atoms with Gasteiger partial charge in [-0.3, -0.25) is 0 Å². The van der Waals surface area contributed by atoms with E-state index in [-0.39, 0.29) is 5.56 Å². The maximum Gasteiger partial charge on any atom is 0.149 e. The molecule has 2 heteroatoms. The van der Waals surface area contributed by atoms with Crippen molar-refractivity contribution in [3.63, 3.8) is 0 Å². The molecule has 0 saturated carbocycles. The minimum atomic E-state index is -0.675. The normalized spacial score (nSPS) is 10.5. The molecule has 0 aliphatic rings. The van der Waals surface area contributed by atoms with Crippen LogP contribution in [0.2, 0.25) is 0 Å². The Hall–Kier alpha value is -1.88. The van der Waals surface area contributed by atoms with Crippen molar-refractivity contribution in [1.29, 1.82) is 0 Å². The molecule has 0 aliphatic carbocycles. The van der Waals surface area contributed by atoms with Gasteiger partial charge in [-0.05, 0) is 23.4 Å². The second-order valence-electron chi connectivity index (χ2n) is 4.00. The number of halogens is 2. The van der Waals surface area contributed by atoms with Gasteiger partial charge in [-0.25, -0.2) is 8.78 Å². The molecule has 0 saturated heterocycles. The molecule has 0 spiro atoms. The highest BCUT2D eigenvalue weighted by Crippen LogP contribution is 2.25. The number of rotatable bonds is 2.